The Bertz CT molecular complexity index is 610. The van der Waals surface area contributed by atoms with Crippen LogP contribution in [-0.2, 0) is 4.79 Å². The van der Waals surface area contributed by atoms with Gasteiger partial charge in [0.2, 0.25) is 5.91 Å². The number of hydrogen-bond donors (Lipinski definition) is 1. The van der Waals surface area contributed by atoms with Crippen molar-refractivity contribution in [1.29, 1.82) is 0 Å². The fraction of sp³-hybridized carbons (Fsp3) is 0.619. The summed E-state index contributed by atoms with van der Waals surface area (Å²) in [6, 6.07) is 9.82. The lowest BCUT2D eigenvalue weighted by atomic mass is 9.85. The number of carbonyl (C=O) groups is 1. The maximum atomic E-state index is 12.7. The highest BCUT2D eigenvalue weighted by Gasteiger charge is 2.42. The van der Waals surface area contributed by atoms with Crippen LogP contribution >= 0.6 is 0 Å². The first-order valence-corrected chi connectivity index (χ1v) is 9.87. The summed E-state index contributed by atoms with van der Waals surface area (Å²) in [4.78, 5) is 21.3. The molecular formula is C21H34N4O2. The van der Waals surface area contributed by atoms with Crippen molar-refractivity contribution in [2.75, 3.05) is 47.4 Å². The molecule has 6 heteroatoms. The van der Waals surface area contributed by atoms with Gasteiger partial charge in [-0.2, -0.15) is 0 Å². The van der Waals surface area contributed by atoms with Gasteiger partial charge in [0.25, 0.3) is 0 Å². The number of nitrogens with zero attached hydrogens (tertiary/aromatic N) is 3. The second-order valence-electron chi connectivity index (χ2n) is 7.44. The van der Waals surface area contributed by atoms with Gasteiger partial charge < -0.3 is 19.9 Å². The third-order valence-corrected chi connectivity index (χ3v) is 5.09. The van der Waals surface area contributed by atoms with E-state index >= 15 is 0 Å². The second kappa shape index (κ2) is 10.2. The Morgan fingerprint density at radius 3 is 2.44 bits per heavy atom. The maximum Gasteiger partial charge on any atom is 0.230 e. The normalized spacial score (nSPS) is 16.1. The van der Waals surface area contributed by atoms with Crippen LogP contribution in [0.5, 0.6) is 5.75 Å². The first kappa shape index (κ1) is 21.1. The fourth-order valence-corrected chi connectivity index (χ4v) is 3.58. The highest BCUT2D eigenvalue weighted by atomic mass is 16.5. The van der Waals surface area contributed by atoms with Crippen molar-refractivity contribution in [3.8, 4) is 5.75 Å². The van der Waals surface area contributed by atoms with Crippen LogP contribution in [0.3, 0.4) is 0 Å². The highest BCUT2D eigenvalue weighted by Crippen LogP contribution is 2.39. The lowest BCUT2D eigenvalue weighted by Crippen LogP contribution is -2.44. The predicted octanol–water partition coefficient (Wildman–Crippen LogP) is 2.61. The summed E-state index contributed by atoms with van der Waals surface area (Å²) in [6.45, 7) is 4.68. The van der Waals surface area contributed by atoms with Crippen LogP contribution in [-0.4, -0.2) is 69.1 Å². The number of rotatable bonds is 8. The van der Waals surface area contributed by atoms with Gasteiger partial charge in [-0.15, -0.1) is 0 Å². The van der Waals surface area contributed by atoms with Crippen LogP contribution in [0.15, 0.2) is 35.3 Å². The smallest absolute Gasteiger partial charge is 0.230 e. The molecule has 0 aliphatic heterocycles. The number of benzene rings is 1. The van der Waals surface area contributed by atoms with Gasteiger partial charge in [-0.3, -0.25) is 9.79 Å². The summed E-state index contributed by atoms with van der Waals surface area (Å²) in [5.41, 5.74) is -0.342. The molecule has 1 aromatic carbocycles. The molecule has 1 fully saturated rings. The summed E-state index contributed by atoms with van der Waals surface area (Å²) in [5, 5.41) is 3.34. The Hall–Kier alpha value is -2.24. The van der Waals surface area contributed by atoms with Crippen molar-refractivity contribution in [2.24, 2.45) is 10.4 Å². The van der Waals surface area contributed by atoms with Crippen LogP contribution in [0.25, 0.3) is 0 Å². The highest BCUT2D eigenvalue weighted by molar-refractivity contribution is 5.84. The molecule has 0 aromatic heterocycles. The molecule has 0 radical (unpaired) electrons. The van der Waals surface area contributed by atoms with Gasteiger partial charge in [-0.1, -0.05) is 31.0 Å². The van der Waals surface area contributed by atoms with Crippen molar-refractivity contribution in [2.45, 2.75) is 32.6 Å². The second-order valence-corrected chi connectivity index (χ2v) is 7.44. The van der Waals surface area contributed by atoms with Gasteiger partial charge in [0.05, 0.1) is 18.5 Å². The van der Waals surface area contributed by atoms with E-state index in [-0.39, 0.29) is 11.3 Å². The average Bonchev–Trinajstić information content (AvgIpc) is 3.15. The number of ether oxygens (including phenoxy) is 1. The zero-order valence-electron chi connectivity index (χ0n) is 17.2. The molecule has 2 rings (SSSR count). The van der Waals surface area contributed by atoms with E-state index in [1.54, 1.807) is 4.90 Å². The summed E-state index contributed by atoms with van der Waals surface area (Å²) >= 11 is 0. The van der Waals surface area contributed by atoms with E-state index in [2.05, 4.69) is 17.1 Å². The van der Waals surface area contributed by atoms with Gasteiger partial charge in [-0.05, 0) is 31.9 Å². The molecule has 1 saturated carbocycles. The number of aliphatic imine (C=N–C) groups is 1. The third-order valence-electron chi connectivity index (χ3n) is 5.09. The van der Waals surface area contributed by atoms with E-state index in [0.717, 1.165) is 50.5 Å². The average molecular weight is 375 g/mol. The van der Waals surface area contributed by atoms with E-state index in [9.17, 15) is 4.79 Å². The summed E-state index contributed by atoms with van der Waals surface area (Å²) in [7, 11) is 5.68. The maximum absolute atomic E-state index is 12.7. The first-order valence-electron chi connectivity index (χ1n) is 9.87. The zero-order valence-corrected chi connectivity index (χ0v) is 17.2. The lowest BCUT2D eigenvalue weighted by molar-refractivity contribution is -0.138. The minimum atomic E-state index is -0.342. The summed E-state index contributed by atoms with van der Waals surface area (Å²) in [6.07, 6.45) is 4.06. The number of nitrogens with one attached hydrogen (secondary N) is 1. The van der Waals surface area contributed by atoms with Crippen LogP contribution in [0, 0.1) is 5.41 Å². The van der Waals surface area contributed by atoms with Crippen molar-refractivity contribution >= 4 is 11.9 Å². The number of para-hydroxylation sites is 1. The Labute approximate surface area is 163 Å². The van der Waals surface area contributed by atoms with Crippen molar-refractivity contribution in [3.63, 3.8) is 0 Å². The molecule has 1 aliphatic rings. The standard InChI is InChI=1S/C21H34N4O2/c1-5-22-20(25(4)15-16-27-18-11-7-6-8-12-18)23-17-21(13-9-10-14-21)19(26)24(2)3/h6-8,11-12H,5,9-10,13-17H2,1-4H3,(H,22,23). The molecule has 1 amide bonds. The van der Waals surface area contributed by atoms with E-state index in [1.165, 1.54) is 0 Å². The molecule has 0 heterocycles. The molecule has 1 aromatic rings. The van der Waals surface area contributed by atoms with E-state index in [4.69, 9.17) is 9.73 Å². The topological polar surface area (TPSA) is 57.2 Å². The van der Waals surface area contributed by atoms with Crippen LogP contribution < -0.4 is 10.1 Å². The molecule has 0 unspecified atom stereocenters. The van der Waals surface area contributed by atoms with Gasteiger partial charge in [-0.25, -0.2) is 0 Å². The summed E-state index contributed by atoms with van der Waals surface area (Å²) in [5.74, 6) is 1.90. The monoisotopic (exact) mass is 374 g/mol. The number of guanidine groups is 1. The minimum absolute atomic E-state index is 0.203. The Morgan fingerprint density at radius 2 is 1.85 bits per heavy atom. The van der Waals surface area contributed by atoms with Gasteiger partial charge in [0.1, 0.15) is 12.4 Å². The Morgan fingerprint density at radius 1 is 1.19 bits per heavy atom. The SMILES string of the molecule is CCNC(=NCC1(C(=O)N(C)C)CCCC1)N(C)CCOc1ccccc1. The molecule has 150 valence electrons. The molecule has 1 N–H and O–H groups in total. The third kappa shape index (κ3) is 5.88. The number of likely N-dealkylation sites (N-methyl/N-ethyl adjacent to an activating group) is 1. The molecule has 1 aliphatic carbocycles. The van der Waals surface area contributed by atoms with Crippen molar-refractivity contribution in [1.82, 2.24) is 15.1 Å². The zero-order chi connectivity index (χ0) is 19.7. The largest absolute Gasteiger partial charge is 0.492 e. The van der Waals surface area contributed by atoms with E-state index in [1.807, 2.05) is 51.5 Å². The van der Waals surface area contributed by atoms with Gasteiger partial charge in [0, 0.05) is 27.7 Å². The molecule has 27 heavy (non-hydrogen) atoms. The van der Waals surface area contributed by atoms with Crippen LogP contribution in [0.2, 0.25) is 0 Å². The number of carbonyl (C=O) groups excluding carboxylic acids is 1. The summed E-state index contributed by atoms with van der Waals surface area (Å²) < 4.78 is 5.79. The minimum Gasteiger partial charge on any atom is -0.492 e. The molecule has 0 bridgehead atoms. The van der Waals surface area contributed by atoms with Crippen LogP contribution in [0.4, 0.5) is 0 Å². The van der Waals surface area contributed by atoms with E-state index < -0.39 is 0 Å². The van der Waals surface area contributed by atoms with Gasteiger partial charge >= 0.3 is 0 Å². The molecule has 0 atom stereocenters. The number of hydrogen-bond acceptors (Lipinski definition) is 3. The Balaban J connectivity index is 1.98. The van der Waals surface area contributed by atoms with Crippen molar-refractivity contribution in [3.05, 3.63) is 30.3 Å². The quantitative estimate of drug-likeness (QED) is 0.561. The molecular weight excluding hydrogens is 340 g/mol. The number of amides is 1. The predicted molar refractivity (Wildman–Crippen MR) is 110 cm³/mol. The van der Waals surface area contributed by atoms with E-state index in [0.29, 0.717) is 13.2 Å². The van der Waals surface area contributed by atoms with Crippen molar-refractivity contribution < 1.29 is 9.53 Å². The molecule has 0 saturated heterocycles. The Kier molecular flexibility index (Phi) is 7.95. The van der Waals surface area contributed by atoms with Crippen LogP contribution in [0.1, 0.15) is 32.6 Å². The lowest BCUT2D eigenvalue weighted by Gasteiger charge is -2.30. The molecule has 0 spiro atoms. The fourth-order valence-electron chi connectivity index (χ4n) is 3.58. The van der Waals surface area contributed by atoms with Gasteiger partial charge in [0.15, 0.2) is 5.96 Å². The first-order chi connectivity index (χ1) is 13.0. The molecule has 6 nitrogen and oxygen atoms in total.